The fourth-order valence-electron chi connectivity index (χ4n) is 0.759. The Morgan fingerprint density at radius 1 is 1.50 bits per heavy atom. The van der Waals surface area contributed by atoms with Crippen LogP contribution in [0.4, 0.5) is 4.79 Å². The van der Waals surface area contributed by atoms with E-state index < -0.39 is 6.09 Å². The van der Waals surface area contributed by atoms with E-state index in [9.17, 15) is 4.79 Å². The summed E-state index contributed by atoms with van der Waals surface area (Å²) < 4.78 is 0. The van der Waals surface area contributed by atoms with Gasteiger partial charge in [-0.25, -0.2) is 4.79 Å². The van der Waals surface area contributed by atoms with E-state index in [1.165, 1.54) is 0 Å². The molecule has 0 aliphatic rings. The van der Waals surface area contributed by atoms with Crippen molar-refractivity contribution in [3.05, 3.63) is 25.3 Å². The van der Waals surface area contributed by atoms with Gasteiger partial charge in [0.05, 0.1) is 0 Å². The molecule has 0 fully saturated rings. The number of amides is 1. The summed E-state index contributed by atoms with van der Waals surface area (Å²) in [6.45, 7) is 7.79. The highest BCUT2D eigenvalue weighted by molar-refractivity contribution is 7.80. The molecule has 0 saturated heterocycles. The first-order valence-corrected chi connectivity index (χ1v) is 4.54. The molecule has 0 spiro atoms. The van der Waals surface area contributed by atoms with Gasteiger partial charge in [0, 0.05) is 13.1 Å². The molecule has 0 saturated carbocycles. The number of carboxylic acid groups (broad SMARTS) is 1. The van der Waals surface area contributed by atoms with Crippen LogP contribution >= 0.6 is 12.2 Å². The monoisotopic (exact) mass is 214 g/mol. The van der Waals surface area contributed by atoms with Gasteiger partial charge >= 0.3 is 6.09 Å². The van der Waals surface area contributed by atoms with Gasteiger partial charge in [0.25, 0.3) is 0 Å². The molecule has 0 atom stereocenters. The smallest absolute Gasteiger partial charge is 0.413 e. The lowest BCUT2D eigenvalue weighted by molar-refractivity contribution is 0.169. The third-order valence-electron chi connectivity index (χ3n) is 1.43. The van der Waals surface area contributed by atoms with E-state index in [1.54, 1.807) is 12.2 Å². The molecule has 0 aromatic rings. The van der Waals surface area contributed by atoms with E-state index in [2.05, 4.69) is 18.5 Å². The fourth-order valence-corrected chi connectivity index (χ4v) is 1.01. The summed E-state index contributed by atoms with van der Waals surface area (Å²) in [5, 5.41) is 11.7. The van der Waals surface area contributed by atoms with Gasteiger partial charge in [-0.3, -0.25) is 4.90 Å². The summed E-state index contributed by atoms with van der Waals surface area (Å²) in [6, 6.07) is 0. The number of nitrogens with zero attached hydrogens (tertiary/aromatic N) is 1. The maximum atomic E-state index is 10.7. The molecule has 1 amide bonds. The predicted molar refractivity (Wildman–Crippen MR) is 60.3 cm³/mol. The molecule has 0 heterocycles. The average molecular weight is 214 g/mol. The minimum atomic E-state index is -1.06. The Morgan fingerprint density at radius 3 is 2.57 bits per heavy atom. The molecule has 0 bridgehead atoms. The van der Waals surface area contributed by atoms with Crippen molar-refractivity contribution in [2.24, 2.45) is 0 Å². The van der Waals surface area contributed by atoms with Gasteiger partial charge in [-0.15, -0.1) is 13.2 Å². The molecule has 0 rings (SSSR count). The summed E-state index contributed by atoms with van der Waals surface area (Å²) in [6.07, 6.45) is 2.77. The first-order chi connectivity index (χ1) is 6.63. The first kappa shape index (κ1) is 12.6. The third kappa shape index (κ3) is 4.61. The Kier molecular flexibility index (Phi) is 6.39. The zero-order chi connectivity index (χ0) is 11.0. The van der Waals surface area contributed by atoms with Crippen molar-refractivity contribution in [3.63, 3.8) is 0 Å². The molecule has 0 aromatic carbocycles. The van der Waals surface area contributed by atoms with E-state index in [0.717, 1.165) is 4.90 Å². The molecule has 2 N–H and O–H groups in total. The van der Waals surface area contributed by atoms with Gasteiger partial charge in [-0.1, -0.05) is 12.2 Å². The van der Waals surface area contributed by atoms with E-state index in [4.69, 9.17) is 17.3 Å². The van der Waals surface area contributed by atoms with Crippen LogP contribution in [-0.4, -0.2) is 34.3 Å². The van der Waals surface area contributed by atoms with Crippen LogP contribution in [0.2, 0.25) is 0 Å². The average Bonchev–Trinajstić information content (AvgIpc) is 2.14. The Balaban J connectivity index is 4.17. The third-order valence-corrected chi connectivity index (χ3v) is 1.80. The molecule has 4 nitrogen and oxygen atoms in total. The van der Waals surface area contributed by atoms with E-state index in [0.29, 0.717) is 19.5 Å². The SMILES string of the molecule is C=CCCN(C(=O)O)C(=S)NCC=C. The van der Waals surface area contributed by atoms with Crippen LogP contribution in [0.15, 0.2) is 25.3 Å². The fraction of sp³-hybridized carbons (Fsp3) is 0.333. The maximum Gasteiger partial charge on any atom is 0.413 e. The normalized spacial score (nSPS) is 8.86. The summed E-state index contributed by atoms with van der Waals surface area (Å²) in [7, 11) is 0. The maximum absolute atomic E-state index is 10.7. The molecule has 0 aliphatic heterocycles. The molecule has 5 heteroatoms. The highest BCUT2D eigenvalue weighted by Gasteiger charge is 2.14. The van der Waals surface area contributed by atoms with E-state index in [1.807, 2.05) is 0 Å². The van der Waals surface area contributed by atoms with Gasteiger partial charge in [-0.2, -0.15) is 0 Å². The molecule has 0 aromatic heterocycles. The van der Waals surface area contributed by atoms with Crippen molar-refractivity contribution in [1.29, 1.82) is 0 Å². The molecule has 0 radical (unpaired) electrons. The summed E-state index contributed by atoms with van der Waals surface area (Å²) in [5.74, 6) is 0. The Labute approximate surface area is 88.9 Å². The number of thiocarbonyl (C=S) groups is 1. The van der Waals surface area contributed by atoms with Crippen LogP contribution in [-0.2, 0) is 0 Å². The second-order valence-corrected chi connectivity index (χ2v) is 2.87. The molecular weight excluding hydrogens is 200 g/mol. The molecule has 14 heavy (non-hydrogen) atoms. The van der Waals surface area contributed by atoms with Crippen molar-refractivity contribution < 1.29 is 9.90 Å². The van der Waals surface area contributed by atoms with Crippen molar-refractivity contribution >= 4 is 23.4 Å². The second-order valence-electron chi connectivity index (χ2n) is 2.49. The lowest BCUT2D eigenvalue weighted by Crippen LogP contribution is -2.43. The first-order valence-electron chi connectivity index (χ1n) is 4.13. The summed E-state index contributed by atoms with van der Waals surface area (Å²) in [5.41, 5.74) is 0. The zero-order valence-corrected chi connectivity index (χ0v) is 8.72. The van der Waals surface area contributed by atoms with Crippen LogP contribution in [0.3, 0.4) is 0 Å². The van der Waals surface area contributed by atoms with Crippen LogP contribution < -0.4 is 5.32 Å². The predicted octanol–water partition coefficient (Wildman–Crippen LogP) is 1.60. The van der Waals surface area contributed by atoms with Gasteiger partial charge in [-0.05, 0) is 18.6 Å². The number of nitrogens with one attached hydrogen (secondary N) is 1. The molecular formula is C9H14N2O2S. The minimum Gasteiger partial charge on any atom is -0.465 e. The number of rotatable bonds is 5. The molecule has 78 valence electrons. The Bertz CT molecular complexity index is 241. The lowest BCUT2D eigenvalue weighted by Gasteiger charge is -2.19. The number of hydrogen-bond donors (Lipinski definition) is 2. The standard InChI is InChI=1S/C9H14N2O2S/c1-3-5-7-11(9(12)13)8(14)10-6-4-2/h3-4H,1-2,5-7H2,(H,10,14)(H,12,13). The quantitative estimate of drug-likeness (QED) is 0.539. The minimum absolute atomic E-state index is 0.194. The van der Waals surface area contributed by atoms with Crippen LogP contribution in [0.1, 0.15) is 6.42 Å². The largest absolute Gasteiger partial charge is 0.465 e. The number of hydrogen-bond acceptors (Lipinski definition) is 2. The van der Waals surface area contributed by atoms with Crippen LogP contribution in [0.25, 0.3) is 0 Å². The van der Waals surface area contributed by atoms with E-state index in [-0.39, 0.29) is 5.11 Å². The Morgan fingerprint density at radius 2 is 2.14 bits per heavy atom. The topological polar surface area (TPSA) is 52.6 Å². The Hall–Kier alpha value is -1.36. The van der Waals surface area contributed by atoms with E-state index >= 15 is 0 Å². The van der Waals surface area contributed by atoms with Gasteiger partial charge in [0.1, 0.15) is 0 Å². The summed E-state index contributed by atoms with van der Waals surface area (Å²) in [4.78, 5) is 11.8. The van der Waals surface area contributed by atoms with Crippen LogP contribution in [0, 0.1) is 0 Å². The number of carbonyl (C=O) groups is 1. The van der Waals surface area contributed by atoms with Crippen molar-refractivity contribution in [1.82, 2.24) is 10.2 Å². The van der Waals surface area contributed by atoms with Crippen molar-refractivity contribution in [3.8, 4) is 0 Å². The molecule has 0 unspecified atom stereocenters. The van der Waals surface area contributed by atoms with Crippen LogP contribution in [0.5, 0.6) is 0 Å². The molecule has 0 aliphatic carbocycles. The van der Waals surface area contributed by atoms with Gasteiger partial charge in [0.15, 0.2) is 5.11 Å². The van der Waals surface area contributed by atoms with Crippen molar-refractivity contribution in [2.45, 2.75) is 6.42 Å². The second kappa shape index (κ2) is 7.08. The van der Waals surface area contributed by atoms with Gasteiger partial charge in [0.2, 0.25) is 0 Å². The summed E-state index contributed by atoms with van der Waals surface area (Å²) >= 11 is 4.88. The lowest BCUT2D eigenvalue weighted by atomic mass is 10.4. The highest BCUT2D eigenvalue weighted by Crippen LogP contribution is 1.95. The highest BCUT2D eigenvalue weighted by atomic mass is 32.1. The zero-order valence-electron chi connectivity index (χ0n) is 7.90. The van der Waals surface area contributed by atoms with Crippen molar-refractivity contribution in [2.75, 3.05) is 13.1 Å². The van der Waals surface area contributed by atoms with Gasteiger partial charge < -0.3 is 10.4 Å².